The summed E-state index contributed by atoms with van der Waals surface area (Å²) >= 11 is 0. The smallest absolute Gasteiger partial charge is 0.437 e. The van der Waals surface area contributed by atoms with E-state index in [0.29, 0.717) is 5.52 Å². The number of anilines is 1. The fourth-order valence-electron chi connectivity index (χ4n) is 3.13. The van der Waals surface area contributed by atoms with Gasteiger partial charge >= 0.3 is 18.2 Å². The first kappa shape index (κ1) is 21.6. The van der Waals surface area contributed by atoms with Gasteiger partial charge in [-0.3, -0.25) is 0 Å². The quantitative estimate of drug-likeness (QED) is 0.758. The van der Waals surface area contributed by atoms with E-state index in [4.69, 9.17) is 4.74 Å². The number of nitrogens with zero attached hydrogens (tertiary/aromatic N) is 4. The SMILES string of the molecule is CCOC(=O)C(C)NC(=O)N1CCN(c2nc3ccccc3nc2C(F)(F)F)CC1. The maximum absolute atomic E-state index is 13.6. The number of halogens is 3. The van der Waals surface area contributed by atoms with Crippen molar-refractivity contribution in [3.05, 3.63) is 30.0 Å². The van der Waals surface area contributed by atoms with Crippen molar-refractivity contribution in [3.63, 3.8) is 0 Å². The van der Waals surface area contributed by atoms with Crippen LogP contribution in [-0.4, -0.2) is 65.7 Å². The van der Waals surface area contributed by atoms with Gasteiger partial charge in [0.1, 0.15) is 6.04 Å². The highest BCUT2D eigenvalue weighted by Gasteiger charge is 2.39. The molecule has 8 nitrogen and oxygen atoms in total. The van der Waals surface area contributed by atoms with E-state index in [1.165, 1.54) is 22.8 Å². The number of nitrogens with one attached hydrogen (secondary N) is 1. The van der Waals surface area contributed by atoms with Crippen LogP contribution in [0.4, 0.5) is 23.8 Å². The summed E-state index contributed by atoms with van der Waals surface area (Å²) in [5, 5.41) is 2.53. The van der Waals surface area contributed by atoms with Crippen molar-refractivity contribution in [3.8, 4) is 0 Å². The number of carbonyl (C=O) groups excluding carboxylic acids is 2. The second-order valence-corrected chi connectivity index (χ2v) is 6.78. The second kappa shape index (κ2) is 8.72. The van der Waals surface area contributed by atoms with Gasteiger partial charge in [-0.15, -0.1) is 0 Å². The van der Waals surface area contributed by atoms with Crippen molar-refractivity contribution >= 4 is 28.9 Å². The summed E-state index contributed by atoms with van der Waals surface area (Å²) in [7, 11) is 0. The van der Waals surface area contributed by atoms with Crippen LogP contribution < -0.4 is 10.2 Å². The van der Waals surface area contributed by atoms with Crippen LogP contribution in [0.25, 0.3) is 11.0 Å². The largest absolute Gasteiger partial charge is 0.464 e. The molecule has 1 N–H and O–H groups in total. The Morgan fingerprint density at radius 2 is 1.73 bits per heavy atom. The van der Waals surface area contributed by atoms with Gasteiger partial charge in [-0.2, -0.15) is 13.2 Å². The van der Waals surface area contributed by atoms with Crippen LogP contribution in [-0.2, 0) is 15.7 Å². The molecule has 1 atom stereocenters. The zero-order valence-electron chi connectivity index (χ0n) is 16.6. The Labute approximate surface area is 171 Å². The molecule has 0 spiro atoms. The first-order valence-corrected chi connectivity index (χ1v) is 9.51. The van der Waals surface area contributed by atoms with E-state index in [2.05, 4.69) is 15.3 Å². The van der Waals surface area contributed by atoms with E-state index in [9.17, 15) is 22.8 Å². The lowest BCUT2D eigenvalue weighted by Crippen LogP contribution is -2.54. The lowest BCUT2D eigenvalue weighted by molar-refractivity contribution is -0.145. The fourth-order valence-corrected chi connectivity index (χ4v) is 3.13. The summed E-state index contributed by atoms with van der Waals surface area (Å²) in [4.78, 5) is 34.9. The Bertz CT molecular complexity index is 929. The van der Waals surface area contributed by atoms with Gasteiger partial charge in [-0.1, -0.05) is 12.1 Å². The molecular weight excluding hydrogens is 403 g/mol. The molecule has 3 rings (SSSR count). The van der Waals surface area contributed by atoms with E-state index in [-0.39, 0.29) is 44.1 Å². The highest BCUT2D eigenvalue weighted by Crippen LogP contribution is 2.35. The first-order chi connectivity index (χ1) is 14.2. The van der Waals surface area contributed by atoms with E-state index < -0.39 is 29.9 Å². The predicted molar refractivity (Wildman–Crippen MR) is 103 cm³/mol. The minimum atomic E-state index is -4.66. The molecular formula is C19H22F3N5O3. The molecule has 2 amide bonds. The third kappa shape index (κ3) is 4.71. The minimum absolute atomic E-state index is 0.150. The van der Waals surface area contributed by atoms with Crippen molar-refractivity contribution < 1.29 is 27.5 Å². The highest BCUT2D eigenvalue weighted by molar-refractivity contribution is 5.83. The Kier molecular flexibility index (Phi) is 6.28. The molecule has 0 saturated carbocycles. The predicted octanol–water partition coefficient (Wildman–Crippen LogP) is 2.43. The van der Waals surface area contributed by atoms with E-state index in [1.807, 2.05) is 0 Å². The van der Waals surface area contributed by atoms with Crippen LogP contribution in [0.1, 0.15) is 19.5 Å². The number of esters is 1. The summed E-state index contributed by atoms with van der Waals surface area (Å²) in [6, 6.07) is 5.07. The molecule has 1 aromatic carbocycles. The zero-order valence-corrected chi connectivity index (χ0v) is 16.6. The van der Waals surface area contributed by atoms with Crippen molar-refractivity contribution in [1.29, 1.82) is 0 Å². The molecule has 2 aromatic rings. The number of aromatic nitrogens is 2. The maximum atomic E-state index is 13.6. The molecule has 1 unspecified atom stereocenters. The van der Waals surface area contributed by atoms with Crippen molar-refractivity contribution in [2.24, 2.45) is 0 Å². The number of ether oxygens (including phenoxy) is 1. The number of amides is 2. The molecule has 1 saturated heterocycles. The summed E-state index contributed by atoms with van der Waals surface area (Å²) < 4.78 is 45.6. The first-order valence-electron chi connectivity index (χ1n) is 9.51. The van der Waals surface area contributed by atoms with E-state index in [1.54, 1.807) is 25.1 Å². The molecule has 0 radical (unpaired) electrons. The Hall–Kier alpha value is -3.11. The Balaban J connectivity index is 1.72. The Morgan fingerprint density at radius 1 is 1.13 bits per heavy atom. The van der Waals surface area contributed by atoms with Gasteiger partial charge in [0.25, 0.3) is 0 Å². The lowest BCUT2D eigenvalue weighted by atomic mass is 10.2. The topological polar surface area (TPSA) is 87.7 Å². The van der Waals surface area contributed by atoms with Gasteiger partial charge in [0.05, 0.1) is 17.6 Å². The molecule has 162 valence electrons. The molecule has 0 bridgehead atoms. The lowest BCUT2D eigenvalue weighted by Gasteiger charge is -2.36. The normalized spacial score (nSPS) is 15.8. The minimum Gasteiger partial charge on any atom is -0.464 e. The molecule has 1 fully saturated rings. The van der Waals surface area contributed by atoms with Gasteiger partial charge in [0, 0.05) is 26.2 Å². The number of carbonyl (C=O) groups is 2. The molecule has 0 aliphatic carbocycles. The fraction of sp³-hybridized carbons (Fsp3) is 0.474. The average Bonchev–Trinajstić information content (AvgIpc) is 2.72. The van der Waals surface area contributed by atoms with Crippen molar-refractivity contribution in [1.82, 2.24) is 20.2 Å². The zero-order chi connectivity index (χ0) is 21.9. The van der Waals surface area contributed by atoms with Gasteiger partial charge < -0.3 is 19.9 Å². The molecule has 1 aliphatic heterocycles. The van der Waals surface area contributed by atoms with Crippen LogP contribution in [0.3, 0.4) is 0 Å². The molecule has 1 aliphatic rings. The van der Waals surface area contributed by atoms with Crippen LogP contribution in [0, 0.1) is 0 Å². The van der Waals surface area contributed by atoms with Gasteiger partial charge in [0.15, 0.2) is 11.5 Å². The van der Waals surface area contributed by atoms with Crippen LogP contribution in [0.5, 0.6) is 0 Å². The molecule has 11 heteroatoms. The number of alkyl halides is 3. The summed E-state index contributed by atoms with van der Waals surface area (Å²) in [6.07, 6.45) is -4.66. The van der Waals surface area contributed by atoms with Crippen LogP contribution in [0.2, 0.25) is 0 Å². The maximum Gasteiger partial charge on any atom is 0.437 e. The molecule has 30 heavy (non-hydrogen) atoms. The van der Waals surface area contributed by atoms with Crippen LogP contribution >= 0.6 is 0 Å². The third-order valence-corrected chi connectivity index (χ3v) is 4.67. The summed E-state index contributed by atoms with van der Waals surface area (Å²) in [5.74, 6) is -0.799. The van der Waals surface area contributed by atoms with Crippen molar-refractivity contribution in [2.75, 3.05) is 37.7 Å². The number of fused-ring (bicyclic) bond motifs is 1. The number of piperazine rings is 1. The number of hydrogen-bond acceptors (Lipinski definition) is 6. The summed E-state index contributed by atoms with van der Waals surface area (Å²) in [6.45, 7) is 4.02. The summed E-state index contributed by atoms with van der Waals surface area (Å²) in [5.41, 5.74) is -0.515. The Morgan fingerprint density at radius 3 is 2.30 bits per heavy atom. The number of urea groups is 1. The third-order valence-electron chi connectivity index (χ3n) is 4.67. The molecule has 2 heterocycles. The number of para-hydroxylation sites is 2. The number of rotatable bonds is 4. The standard InChI is InChI=1S/C19H22F3N5O3/c1-3-30-17(28)12(2)23-18(29)27-10-8-26(9-11-27)16-15(19(20,21)22)24-13-6-4-5-7-14(13)25-16/h4-7,12H,3,8-11H2,1-2H3,(H,23,29). The van der Waals surface area contributed by atoms with E-state index >= 15 is 0 Å². The number of benzene rings is 1. The van der Waals surface area contributed by atoms with Crippen LogP contribution in [0.15, 0.2) is 24.3 Å². The molecule has 1 aromatic heterocycles. The van der Waals surface area contributed by atoms with Gasteiger partial charge in [-0.25, -0.2) is 19.6 Å². The van der Waals surface area contributed by atoms with Gasteiger partial charge in [-0.05, 0) is 26.0 Å². The number of hydrogen-bond donors (Lipinski definition) is 1. The van der Waals surface area contributed by atoms with Crippen molar-refractivity contribution in [2.45, 2.75) is 26.1 Å². The van der Waals surface area contributed by atoms with Gasteiger partial charge in [0.2, 0.25) is 0 Å². The second-order valence-electron chi connectivity index (χ2n) is 6.78. The average molecular weight is 425 g/mol. The van der Waals surface area contributed by atoms with E-state index in [0.717, 1.165) is 0 Å². The highest BCUT2D eigenvalue weighted by atomic mass is 19.4. The monoisotopic (exact) mass is 425 g/mol.